The molecule has 1 atom stereocenters. The van der Waals surface area contributed by atoms with Gasteiger partial charge in [-0.25, -0.2) is 0 Å². The Morgan fingerprint density at radius 1 is 1.33 bits per heavy atom. The second-order valence-electron chi connectivity index (χ2n) is 3.50. The van der Waals surface area contributed by atoms with Crippen molar-refractivity contribution in [3.8, 4) is 0 Å². The van der Waals surface area contributed by atoms with Crippen molar-refractivity contribution in [2.75, 3.05) is 13.2 Å². The van der Waals surface area contributed by atoms with Gasteiger partial charge in [0.2, 0.25) is 0 Å². The topological polar surface area (TPSA) is 52.6 Å². The lowest BCUT2D eigenvalue weighted by molar-refractivity contribution is -0.162. The minimum atomic E-state index is -0.277. The molecule has 15 heavy (non-hydrogen) atoms. The van der Waals surface area contributed by atoms with Crippen LogP contribution in [0.15, 0.2) is 0 Å². The van der Waals surface area contributed by atoms with Crippen LogP contribution in [0.2, 0.25) is 0 Å². The Bertz CT molecular complexity index is 187. The zero-order valence-corrected chi connectivity index (χ0v) is 10.4. The summed E-state index contributed by atoms with van der Waals surface area (Å²) in [5, 5.41) is -0.277. The third-order valence-electron chi connectivity index (χ3n) is 2.29. The van der Waals surface area contributed by atoms with Gasteiger partial charge in [-0.2, -0.15) is 0 Å². The fraction of sp³-hybridized carbons (Fsp3) is 1.00. The van der Waals surface area contributed by atoms with Gasteiger partial charge in [0.15, 0.2) is 23.2 Å². The van der Waals surface area contributed by atoms with Crippen LogP contribution in [0.25, 0.3) is 0 Å². The maximum Gasteiger partial charge on any atom is 0.171 e. The Hall–Kier alpha value is 0.120. The molecule has 0 aromatic carbocycles. The van der Waals surface area contributed by atoms with Gasteiger partial charge in [-0.3, -0.25) is 9.13 Å². The molecule has 0 aromatic heterocycles. The molecule has 86 valence electrons. The minimum Gasteiger partial charge on any atom is -0.353 e. The third-order valence-corrected chi connectivity index (χ3v) is 3.86. The van der Waals surface area contributed by atoms with E-state index >= 15 is 0 Å². The van der Waals surface area contributed by atoms with Crippen molar-refractivity contribution in [3.63, 3.8) is 0 Å². The van der Waals surface area contributed by atoms with Crippen molar-refractivity contribution in [1.82, 2.24) is 0 Å². The summed E-state index contributed by atoms with van der Waals surface area (Å²) in [5.74, 6) is 0. The Morgan fingerprint density at radius 2 is 2.13 bits per heavy atom. The molecule has 0 aliphatic carbocycles. The van der Waals surface area contributed by atoms with Gasteiger partial charge in [-0.1, -0.05) is 0 Å². The molecule has 0 amide bonds. The molecular formula is C9H16O4P2. The van der Waals surface area contributed by atoms with Gasteiger partial charge in [-0.15, -0.1) is 0 Å². The molecule has 0 spiro atoms. The molecule has 1 aliphatic heterocycles. The third kappa shape index (κ3) is 5.67. The molecule has 6 heteroatoms. The summed E-state index contributed by atoms with van der Waals surface area (Å²) in [4.78, 5) is 0. The zero-order valence-electron chi connectivity index (χ0n) is 8.63. The molecule has 1 fully saturated rings. The van der Waals surface area contributed by atoms with Gasteiger partial charge in [-0.05, 0) is 32.1 Å². The van der Waals surface area contributed by atoms with E-state index in [2.05, 4.69) is 0 Å². The highest BCUT2D eigenvalue weighted by Crippen LogP contribution is 2.24. The number of hydrogen-bond acceptors (Lipinski definition) is 4. The maximum absolute atomic E-state index is 10.5. The van der Waals surface area contributed by atoms with E-state index in [1.54, 1.807) is 0 Å². The fourth-order valence-corrected chi connectivity index (χ4v) is 2.18. The SMILES string of the molecule is O=PC(CCCOC1CCCCO1)P=O. The van der Waals surface area contributed by atoms with Crippen LogP contribution in [0.3, 0.4) is 0 Å². The van der Waals surface area contributed by atoms with E-state index in [0.717, 1.165) is 32.3 Å². The predicted molar refractivity (Wildman–Crippen MR) is 57.8 cm³/mol. The van der Waals surface area contributed by atoms with Crippen molar-refractivity contribution in [3.05, 3.63) is 0 Å². The first-order chi connectivity index (χ1) is 7.36. The first-order valence-corrected chi connectivity index (χ1v) is 7.01. The Kier molecular flexibility index (Phi) is 7.29. The van der Waals surface area contributed by atoms with Crippen LogP contribution in [-0.2, 0) is 18.6 Å². The van der Waals surface area contributed by atoms with E-state index < -0.39 is 0 Å². The first-order valence-electron chi connectivity index (χ1n) is 5.25. The van der Waals surface area contributed by atoms with Gasteiger partial charge in [0.25, 0.3) is 0 Å². The molecule has 1 heterocycles. The van der Waals surface area contributed by atoms with Gasteiger partial charge < -0.3 is 9.47 Å². The summed E-state index contributed by atoms with van der Waals surface area (Å²) in [6.07, 6.45) is 4.60. The molecular weight excluding hydrogens is 234 g/mol. The summed E-state index contributed by atoms with van der Waals surface area (Å²) in [7, 11) is -0.101. The van der Waals surface area contributed by atoms with E-state index in [-0.39, 0.29) is 28.6 Å². The van der Waals surface area contributed by atoms with E-state index in [1.165, 1.54) is 0 Å². The smallest absolute Gasteiger partial charge is 0.171 e. The van der Waals surface area contributed by atoms with Crippen LogP contribution >= 0.6 is 16.9 Å². The van der Waals surface area contributed by atoms with Gasteiger partial charge in [0.05, 0.1) is 0 Å². The highest BCUT2D eigenvalue weighted by Gasteiger charge is 2.14. The molecule has 1 saturated heterocycles. The molecule has 0 bridgehead atoms. The van der Waals surface area contributed by atoms with E-state index in [4.69, 9.17) is 9.47 Å². The summed E-state index contributed by atoms with van der Waals surface area (Å²) in [6.45, 7) is 1.37. The molecule has 1 rings (SSSR count). The monoisotopic (exact) mass is 250 g/mol. The van der Waals surface area contributed by atoms with Crippen LogP contribution in [0.4, 0.5) is 0 Å². The van der Waals surface area contributed by atoms with Crippen molar-refractivity contribution >= 4 is 16.9 Å². The second-order valence-corrected chi connectivity index (χ2v) is 5.58. The van der Waals surface area contributed by atoms with Crippen molar-refractivity contribution in [1.29, 1.82) is 0 Å². The second kappa shape index (κ2) is 8.29. The largest absolute Gasteiger partial charge is 0.353 e. The average molecular weight is 250 g/mol. The van der Waals surface area contributed by atoms with E-state index in [9.17, 15) is 9.13 Å². The fourth-order valence-electron chi connectivity index (χ4n) is 1.45. The molecule has 4 nitrogen and oxygen atoms in total. The summed E-state index contributed by atoms with van der Waals surface area (Å²) in [6, 6.07) is 0. The normalized spacial score (nSPS) is 24.4. The predicted octanol–water partition coefficient (Wildman–Crippen LogP) is 3.22. The Balaban J connectivity index is 2.00. The lowest BCUT2D eigenvalue weighted by atomic mass is 10.2. The maximum atomic E-state index is 10.5. The quantitative estimate of drug-likeness (QED) is 0.514. The van der Waals surface area contributed by atoms with Crippen molar-refractivity contribution in [2.24, 2.45) is 0 Å². The minimum absolute atomic E-state index is 0.0505. The summed E-state index contributed by atoms with van der Waals surface area (Å²) >= 11 is 0. The van der Waals surface area contributed by atoms with Gasteiger partial charge in [0.1, 0.15) is 5.40 Å². The standard InChI is InChI=1S/C9H16O4P2/c10-14-9(15-11)5-3-7-13-8-4-1-2-6-12-8/h8-9H,1-7H2. The molecule has 1 aliphatic rings. The number of ether oxygens (including phenoxy) is 2. The van der Waals surface area contributed by atoms with Crippen LogP contribution in [-0.4, -0.2) is 24.9 Å². The lowest BCUT2D eigenvalue weighted by Gasteiger charge is -2.22. The Morgan fingerprint density at radius 3 is 2.73 bits per heavy atom. The number of hydrogen-bond donors (Lipinski definition) is 0. The molecule has 0 N–H and O–H groups in total. The highest BCUT2D eigenvalue weighted by molar-refractivity contribution is 7.44. The molecule has 0 saturated carbocycles. The molecule has 0 aromatic rings. The van der Waals surface area contributed by atoms with Crippen LogP contribution in [0.1, 0.15) is 32.1 Å². The Labute approximate surface area is 93.1 Å². The summed E-state index contributed by atoms with van der Waals surface area (Å²) < 4.78 is 31.8. The highest BCUT2D eigenvalue weighted by atomic mass is 31.1. The van der Waals surface area contributed by atoms with Crippen molar-refractivity contribution < 1.29 is 18.6 Å². The molecule has 1 unspecified atom stereocenters. The van der Waals surface area contributed by atoms with Gasteiger partial charge >= 0.3 is 0 Å². The van der Waals surface area contributed by atoms with Crippen LogP contribution in [0, 0.1) is 0 Å². The van der Waals surface area contributed by atoms with Gasteiger partial charge in [0, 0.05) is 13.2 Å². The number of rotatable bonds is 7. The average Bonchev–Trinajstić information content (AvgIpc) is 2.31. The lowest BCUT2D eigenvalue weighted by Crippen LogP contribution is -2.22. The summed E-state index contributed by atoms with van der Waals surface area (Å²) in [5.41, 5.74) is 0. The van der Waals surface area contributed by atoms with Crippen LogP contribution in [0.5, 0.6) is 0 Å². The van der Waals surface area contributed by atoms with E-state index in [1.807, 2.05) is 0 Å². The zero-order chi connectivity index (χ0) is 10.9. The molecule has 0 radical (unpaired) electrons. The van der Waals surface area contributed by atoms with Crippen LogP contribution < -0.4 is 0 Å². The van der Waals surface area contributed by atoms with Crippen molar-refractivity contribution in [2.45, 2.75) is 43.8 Å². The van der Waals surface area contributed by atoms with E-state index in [0.29, 0.717) is 13.0 Å². The first kappa shape index (κ1) is 13.2.